The monoisotopic (exact) mass is 312 g/mol. The van der Waals surface area contributed by atoms with Gasteiger partial charge in [-0.15, -0.1) is 0 Å². The molecule has 1 aromatic rings. The van der Waals surface area contributed by atoms with Crippen molar-refractivity contribution in [2.24, 2.45) is 0 Å². The summed E-state index contributed by atoms with van der Waals surface area (Å²) in [4.78, 5) is 6.83. The van der Waals surface area contributed by atoms with Gasteiger partial charge in [0.2, 0.25) is 0 Å². The van der Waals surface area contributed by atoms with E-state index >= 15 is 0 Å². The molecule has 100 valence electrons. The summed E-state index contributed by atoms with van der Waals surface area (Å²) in [5.41, 5.74) is 1.17. The first-order valence-electron chi connectivity index (χ1n) is 6.72. The van der Waals surface area contributed by atoms with E-state index in [1.807, 2.05) is 6.20 Å². The minimum absolute atomic E-state index is 0.188. The zero-order valence-corrected chi connectivity index (χ0v) is 12.5. The van der Waals surface area contributed by atoms with E-state index in [4.69, 9.17) is 0 Å². The van der Waals surface area contributed by atoms with Crippen LogP contribution in [0.3, 0.4) is 0 Å². The zero-order valence-electron chi connectivity index (χ0n) is 10.9. The van der Waals surface area contributed by atoms with E-state index in [-0.39, 0.29) is 6.61 Å². The lowest BCUT2D eigenvalue weighted by Crippen LogP contribution is -2.39. The topological polar surface area (TPSA) is 36.4 Å². The molecule has 1 aliphatic carbocycles. The largest absolute Gasteiger partial charge is 0.395 e. The number of hydrogen-bond acceptors (Lipinski definition) is 3. The quantitative estimate of drug-likeness (QED) is 0.927. The third-order valence-corrected chi connectivity index (χ3v) is 4.08. The highest BCUT2D eigenvalue weighted by molar-refractivity contribution is 9.10. The lowest BCUT2D eigenvalue weighted by Gasteiger charge is -2.35. The van der Waals surface area contributed by atoms with Crippen molar-refractivity contribution in [2.75, 3.05) is 18.1 Å². The van der Waals surface area contributed by atoms with Crippen molar-refractivity contribution in [3.05, 3.63) is 22.3 Å². The number of halogens is 1. The Kier molecular flexibility index (Phi) is 5.01. The SMILES string of the molecule is Cc1cc(Br)cnc1N(CCO)C1CCCCC1. The fourth-order valence-electron chi connectivity index (χ4n) is 2.80. The molecule has 0 atom stereocenters. The van der Waals surface area contributed by atoms with Crippen molar-refractivity contribution in [1.29, 1.82) is 0 Å². The van der Waals surface area contributed by atoms with Gasteiger partial charge in [0, 0.05) is 23.3 Å². The van der Waals surface area contributed by atoms with Crippen molar-refractivity contribution < 1.29 is 5.11 Å². The number of hydrogen-bond donors (Lipinski definition) is 1. The van der Waals surface area contributed by atoms with Crippen molar-refractivity contribution in [1.82, 2.24) is 4.98 Å². The van der Waals surface area contributed by atoms with E-state index in [2.05, 4.69) is 38.8 Å². The molecule has 0 amide bonds. The second kappa shape index (κ2) is 6.53. The van der Waals surface area contributed by atoms with Gasteiger partial charge in [0.1, 0.15) is 5.82 Å². The van der Waals surface area contributed by atoms with Crippen LogP contribution >= 0.6 is 15.9 Å². The summed E-state index contributed by atoms with van der Waals surface area (Å²) in [6.07, 6.45) is 8.21. The third kappa shape index (κ3) is 3.23. The van der Waals surface area contributed by atoms with Gasteiger partial charge in [-0.2, -0.15) is 0 Å². The molecule has 0 unspecified atom stereocenters. The van der Waals surface area contributed by atoms with Gasteiger partial charge >= 0.3 is 0 Å². The van der Waals surface area contributed by atoms with Gasteiger partial charge in [0.25, 0.3) is 0 Å². The van der Waals surface area contributed by atoms with Gasteiger partial charge in [-0.1, -0.05) is 19.3 Å². The Balaban J connectivity index is 2.22. The van der Waals surface area contributed by atoms with Crippen molar-refractivity contribution in [3.63, 3.8) is 0 Å². The molecule has 4 heteroatoms. The molecule has 3 nitrogen and oxygen atoms in total. The molecule has 0 saturated heterocycles. The van der Waals surface area contributed by atoms with E-state index in [0.29, 0.717) is 12.6 Å². The lowest BCUT2D eigenvalue weighted by molar-refractivity contribution is 0.289. The molecule has 1 aromatic heterocycles. The number of nitrogens with zero attached hydrogens (tertiary/aromatic N) is 2. The summed E-state index contributed by atoms with van der Waals surface area (Å²) in [5, 5.41) is 9.30. The first kappa shape index (κ1) is 13.8. The standard InChI is InChI=1S/C14H21BrN2O/c1-11-9-12(15)10-16-14(11)17(7-8-18)13-5-3-2-4-6-13/h9-10,13,18H,2-8H2,1H3. The van der Waals surface area contributed by atoms with E-state index < -0.39 is 0 Å². The highest BCUT2D eigenvalue weighted by atomic mass is 79.9. The van der Waals surface area contributed by atoms with Crippen LogP contribution in [0, 0.1) is 6.92 Å². The summed E-state index contributed by atoms with van der Waals surface area (Å²) >= 11 is 3.45. The number of aliphatic hydroxyl groups is 1. The average Bonchev–Trinajstić information content (AvgIpc) is 2.38. The van der Waals surface area contributed by atoms with E-state index in [1.165, 1.54) is 37.7 Å². The van der Waals surface area contributed by atoms with Gasteiger partial charge in [0.15, 0.2) is 0 Å². The molecule has 1 N–H and O–H groups in total. The maximum atomic E-state index is 9.30. The highest BCUT2D eigenvalue weighted by Crippen LogP contribution is 2.28. The summed E-state index contributed by atoms with van der Waals surface area (Å²) in [5.74, 6) is 1.03. The molecule has 0 aromatic carbocycles. The van der Waals surface area contributed by atoms with Crippen LogP contribution in [-0.4, -0.2) is 29.3 Å². The van der Waals surface area contributed by atoms with Gasteiger partial charge in [-0.3, -0.25) is 0 Å². The molecular formula is C14H21BrN2O. The Morgan fingerprint density at radius 2 is 2.11 bits per heavy atom. The minimum atomic E-state index is 0.188. The zero-order chi connectivity index (χ0) is 13.0. The first-order valence-corrected chi connectivity index (χ1v) is 7.51. The summed E-state index contributed by atoms with van der Waals surface area (Å²) in [6.45, 7) is 2.95. The van der Waals surface area contributed by atoms with Crippen LogP contribution in [-0.2, 0) is 0 Å². The van der Waals surface area contributed by atoms with Crippen molar-refractivity contribution in [3.8, 4) is 0 Å². The third-order valence-electron chi connectivity index (χ3n) is 3.65. The molecule has 0 spiro atoms. The number of anilines is 1. The van der Waals surface area contributed by atoms with Crippen LogP contribution in [0.1, 0.15) is 37.7 Å². The average molecular weight is 313 g/mol. The second-order valence-electron chi connectivity index (χ2n) is 5.00. The fourth-order valence-corrected chi connectivity index (χ4v) is 3.24. The van der Waals surface area contributed by atoms with Crippen LogP contribution in [0.5, 0.6) is 0 Å². The summed E-state index contributed by atoms with van der Waals surface area (Å²) in [6, 6.07) is 2.63. The molecule has 0 radical (unpaired) electrons. The Morgan fingerprint density at radius 1 is 1.39 bits per heavy atom. The van der Waals surface area contributed by atoms with Crippen molar-refractivity contribution >= 4 is 21.7 Å². The molecule has 0 aliphatic heterocycles. The van der Waals surface area contributed by atoms with Crippen LogP contribution < -0.4 is 4.90 Å². The molecular weight excluding hydrogens is 292 g/mol. The van der Waals surface area contributed by atoms with Crippen molar-refractivity contribution in [2.45, 2.75) is 45.1 Å². The maximum absolute atomic E-state index is 9.30. The number of aromatic nitrogens is 1. The maximum Gasteiger partial charge on any atom is 0.131 e. The van der Waals surface area contributed by atoms with Crippen LogP contribution in [0.15, 0.2) is 16.7 Å². The first-order chi connectivity index (χ1) is 8.72. The number of aliphatic hydroxyl groups excluding tert-OH is 1. The van der Waals surface area contributed by atoms with Crippen LogP contribution in [0.2, 0.25) is 0 Å². The molecule has 18 heavy (non-hydrogen) atoms. The molecule has 0 bridgehead atoms. The fraction of sp³-hybridized carbons (Fsp3) is 0.643. The molecule has 1 aliphatic rings. The van der Waals surface area contributed by atoms with Gasteiger partial charge < -0.3 is 10.0 Å². The normalized spacial score (nSPS) is 16.8. The van der Waals surface area contributed by atoms with E-state index in [9.17, 15) is 5.11 Å². The van der Waals surface area contributed by atoms with E-state index in [0.717, 1.165) is 10.3 Å². The van der Waals surface area contributed by atoms with Crippen LogP contribution in [0.4, 0.5) is 5.82 Å². The molecule has 1 heterocycles. The number of pyridine rings is 1. The summed E-state index contributed by atoms with van der Waals surface area (Å²) < 4.78 is 1.01. The number of aryl methyl sites for hydroxylation is 1. The Labute approximate surface area is 117 Å². The Hall–Kier alpha value is -0.610. The Morgan fingerprint density at radius 3 is 2.72 bits per heavy atom. The van der Waals surface area contributed by atoms with E-state index in [1.54, 1.807) is 0 Å². The van der Waals surface area contributed by atoms with Crippen LogP contribution in [0.25, 0.3) is 0 Å². The van der Waals surface area contributed by atoms with Gasteiger partial charge in [-0.25, -0.2) is 4.98 Å². The van der Waals surface area contributed by atoms with Gasteiger partial charge in [0.05, 0.1) is 6.61 Å². The molecule has 2 rings (SSSR count). The molecule has 1 saturated carbocycles. The smallest absolute Gasteiger partial charge is 0.131 e. The second-order valence-corrected chi connectivity index (χ2v) is 5.92. The number of rotatable bonds is 4. The van der Waals surface area contributed by atoms with Gasteiger partial charge in [-0.05, 0) is 47.3 Å². The Bertz CT molecular complexity index is 391. The minimum Gasteiger partial charge on any atom is -0.395 e. The predicted octanol–water partition coefficient (Wildman–Crippen LogP) is 3.28. The summed E-state index contributed by atoms with van der Waals surface area (Å²) in [7, 11) is 0. The lowest BCUT2D eigenvalue weighted by atomic mass is 9.94. The highest BCUT2D eigenvalue weighted by Gasteiger charge is 2.23. The predicted molar refractivity (Wildman–Crippen MR) is 78.0 cm³/mol. The molecule has 1 fully saturated rings.